The van der Waals surface area contributed by atoms with E-state index in [4.69, 9.17) is 9.98 Å². The van der Waals surface area contributed by atoms with Crippen LogP contribution in [0.1, 0.15) is 34.6 Å². The first-order valence-electron chi connectivity index (χ1n) is 9.88. The number of aliphatic imine (C=N–C) groups is 2. The molecule has 4 nitrogen and oxygen atoms in total. The molecule has 0 saturated carbocycles. The smallest absolute Gasteiger partial charge is 0.101 e. The van der Waals surface area contributed by atoms with E-state index in [2.05, 4.69) is 34.2 Å². The van der Waals surface area contributed by atoms with E-state index in [1.54, 1.807) is 12.4 Å². The maximum absolute atomic E-state index is 4.93. The fraction of sp³-hybridized carbons (Fsp3) is 0.0769. The summed E-state index contributed by atoms with van der Waals surface area (Å²) in [6.45, 7) is 0. The topological polar surface area (TPSA) is 50.5 Å². The number of hydrogen-bond donors (Lipinski definition) is 0. The highest BCUT2D eigenvalue weighted by Gasteiger charge is 2.23. The standard InChI is InChI=1S/C26H22N4/c1-3-11-21(12-4-1)25(29-19-23-15-7-9-17-27-23)26(22-13-5-2-6-14-22)30-20-24-16-8-10-18-28-24/h1-20,25-26H/t25-,26-/m1/s1. The number of nitrogens with zero attached hydrogens (tertiary/aromatic N) is 4. The average molecular weight is 390 g/mol. The Kier molecular flexibility index (Phi) is 6.48. The van der Waals surface area contributed by atoms with E-state index in [0.717, 1.165) is 22.5 Å². The van der Waals surface area contributed by atoms with Gasteiger partial charge in [0.25, 0.3) is 0 Å². The monoisotopic (exact) mass is 390 g/mol. The quantitative estimate of drug-likeness (QED) is 0.391. The second-order valence-electron chi connectivity index (χ2n) is 6.78. The van der Waals surface area contributed by atoms with Crippen molar-refractivity contribution in [2.45, 2.75) is 12.1 Å². The van der Waals surface area contributed by atoms with E-state index >= 15 is 0 Å². The van der Waals surface area contributed by atoms with Crippen molar-refractivity contribution in [3.05, 3.63) is 132 Å². The van der Waals surface area contributed by atoms with Gasteiger partial charge in [0.15, 0.2) is 0 Å². The lowest BCUT2D eigenvalue weighted by Crippen LogP contribution is -2.09. The highest BCUT2D eigenvalue weighted by molar-refractivity contribution is 5.78. The molecule has 30 heavy (non-hydrogen) atoms. The molecule has 0 fully saturated rings. The van der Waals surface area contributed by atoms with E-state index in [9.17, 15) is 0 Å². The summed E-state index contributed by atoms with van der Waals surface area (Å²) in [6.07, 6.45) is 7.19. The predicted molar refractivity (Wildman–Crippen MR) is 122 cm³/mol. The molecule has 4 aromatic rings. The molecule has 4 rings (SSSR count). The van der Waals surface area contributed by atoms with Gasteiger partial charge in [-0.05, 0) is 35.4 Å². The maximum Gasteiger partial charge on any atom is 0.101 e. The van der Waals surface area contributed by atoms with Gasteiger partial charge in [-0.15, -0.1) is 0 Å². The third-order valence-corrected chi connectivity index (χ3v) is 4.69. The van der Waals surface area contributed by atoms with Crippen LogP contribution in [0.5, 0.6) is 0 Å². The highest BCUT2D eigenvalue weighted by atomic mass is 14.9. The van der Waals surface area contributed by atoms with Gasteiger partial charge in [0.2, 0.25) is 0 Å². The van der Waals surface area contributed by atoms with Crippen LogP contribution in [-0.2, 0) is 0 Å². The van der Waals surface area contributed by atoms with Crippen LogP contribution in [0, 0.1) is 0 Å². The summed E-state index contributed by atoms with van der Waals surface area (Å²) in [5.74, 6) is 0. The Bertz CT molecular complexity index is 988. The van der Waals surface area contributed by atoms with Crippen molar-refractivity contribution in [2.24, 2.45) is 9.98 Å². The number of hydrogen-bond acceptors (Lipinski definition) is 4. The third-order valence-electron chi connectivity index (χ3n) is 4.69. The van der Waals surface area contributed by atoms with Gasteiger partial charge in [-0.1, -0.05) is 72.8 Å². The summed E-state index contributed by atoms with van der Waals surface area (Å²) in [4.78, 5) is 18.6. The summed E-state index contributed by atoms with van der Waals surface area (Å²) in [6, 6.07) is 31.7. The van der Waals surface area contributed by atoms with Gasteiger partial charge in [0.05, 0.1) is 11.4 Å². The molecule has 146 valence electrons. The van der Waals surface area contributed by atoms with Crippen LogP contribution in [0.4, 0.5) is 0 Å². The number of pyridine rings is 2. The first kappa shape index (κ1) is 19.4. The van der Waals surface area contributed by atoms with E-state index in [-0.39, 0.29) is 12.1 Å². The zero-order valence-electron chi connectivity index (χ0n) is 16.5. The Morgan fingerprint density at radius 1 is 0.500 bits per heavy atom. The van der Waals surface area contributed by atoms with Crippen LogP contribution in [0.3, 0.4) is 0 Å². The molecule has 0 unspecified atom stereocenters. The van der Waals surface area contributed by atoms with Crippen molar-refractivity contribution in [2.75, 3.05) is 0 Å². The zero-order valence-corrected chi connectivity index (χ0v) is 16.5. The molecule has 0 bridgehead atoms. The molecule has 2 aromatic heterocycles. The first-order chi connectivity index (χ1) is 14.9. The van der Waals surface area contributed by atoms with Crippen LogP contribution in [0.2, 0.25) is 0 Å². The van der Waals surface area contributed by atoms with Gasteiger partial charge in [0.1, 0.15) is 12.1 Å². The number of benzene rings is 2. The second kappa shape index (κ2) is 10.0. The van der Waals surface area contributed by atoms with Crippen molar-refractivity contribution in [3.8, 4) is 0 Å². The van der Waals surface area contributed by atoms with Crippen LogP contribution < -0.4 is 0 Å². The Morgan fingerprint density at radius 2 is 0.900 bits per heavy atom. The predicted octanol–water partition coefficient (Wildman–Crippen LogP) is 5.50. The lowest BCUT2D eigenvalue weighted by molar-refractivity contribution is 0.583. The van der Waals surface area contributed by atoms with Crippen LogP contribution >= 0.6 is 0 Å². The molecule has 0 amide bonds. The lowest BCUT2D eigenvalue weighted by Gasteiger charge is -2.22. The Labute approximate surface area is 176 Å². The van der Waals surface area contributed by atoms with Gasteiger partial charge >= 0.3 is 0 Å². The maximum atomic E-state index is 4.93. The summed E-state index contributed by atoms with van der Waals surface area (Å²) in [7, 11) is 0. The van der Waals surface area contributed by atoms with Gasteiger partial charge in [-0.25, -0.2) is 0 Å². The van der Waals surface area contributed by atoms with E-state index in [0.29, 0.717) is 0 Å². The molecule has 2 heterocycles. The second-order valence-corrected chi connectivity index (χ2v) is 6.78. The largest absolute Gasteiger partial charge is 0.280 e. The molecular formula is C26H22N4. The fourth-order valence-corrected chi connectivity index (χ4v) is 3.22. The minimum atomic E-state index is -0.199. The molecule has 0 radical (unpaired) electrons. The zero-order chi connectivity index (χ0) is 20.4. The molecular weight excluding hydrogens is 368 g/mol. The summed E-state index contributed by atoms with van der Waals surface area (Å²) >= 11 is 0. The van der Waals surface area contributed by atoms with Crippen molar-refractivity contribution in [3.63, 3.8) is 0 Å². The van der Waals surface area contributed by atoms with Crippen molar-refractivity contribution in [1.29, 1.82) is 0 Å². The molecule has 2 aromatic carbocycles. The third kappa shape index (κ3) is 5.11. The van der Waals surface area contributed by atoms with Crippen LogP contribution in [0.15, 0.2) is 119 Å². The molecule has 0 aliphatic heterocycles. The normalized spacial score (nSPS) is 13.5. The molecule has 4 heteroatoms. The van der Waals surface area contributed by atoms with Crippen molar-refractivity contribution in [1.82, 2.24) is 9.97 Å². The molecule has 0 spiro atoms. The van der Waals surface area contributed by atoms with Crippen molar-refractivity contribution >= 4 is 12.4 Å². The fourth-order valence-electron chi connectivity index (χ4n) is 3.22. The van der Waals surface area contributed by atoms with Gasteiger partial charge < -0.3 is 0 Å². The van der Waals surface area contributed by atoms with Crippen LogP contribution in [-0.4, -0.2) is 22.4 Å². The minimum Gasteiger partial charge on any atom is -0.280 e. The van der Waals surface area contributed by atoms with Gasteiger partial charge in [0, 0.05) is 24.8 Å². The molecule has 0 N–H and O–H groups in total. The Hall–Kier alpha value is -3.92. The number of aromatic nitrogens is 2. The van der Waals surface area contributed by atoms with E-state index in [1.165, 1.54) is 0 Å². The van der Waals surface area contributed by atoms with E-state index in [1.807, 2.05) is 85.2 Å². The average Bonchev–Trinajstić information content (AvgIpc) is 2.83. The Balaban J connectivity index is 1.76. The van der Waals surface area contributed by atoms with Crippen LogP contribution in [0.25, 0.3) is 0 Å². The molecule has 0 aliphatic rings. The molecule has 0 saturated heterocycles. The Morgan fingerprint density at radius 3 is 1.27 bits per heavy atom. The lowest BCUT2D eigenvalue weighted by atomic mass is 9.94. The molecule has 0 aliphatic carbocycles. The minimum absolute atomic E-state index is 0.199. The SMILES string of the molecule is C(=N[C@H](c1ccccc1)[C@H](N=Cc1ccccn1)c1ccccc1)c1ccccn1. The number of rotatable bonds is 7. The first-order valence-corrected chi connectivity index (χ1v) is 9.88. The summed E-state index contributed by atoms with van der Waals surface area (Å²) in [5.41, 5.74) is 3.83. The van der Waals surface area contributed by atoms with Crippen molar-refractivity contribution < 1.29 is 0 Å². The van der Waals surface area contributed by atoms with E-state index < -0.39 is 0 Å². The summed E-state index contributed by atoms with van der Waals surface area (Å²) in [5, 5.41) is 0. The van der Waals surface area contributed by atoms with Gasteiger partial charge in [-0.3, -0.25) is 20.0 Å². The summed E-state index contributed by atoms with van der Waals surface area (Å²) < 4.78 is 0. The highest BCUT2D eigenvalue weighted by Crippen LogP contribution is 2.35. The molecule has 2 atom stereocenters. The van der Waals surface area contributed by atoms with Gasteiger partial charge in [-0.2, -0.15) is 0 Å².